The van der Waals surface area contributed by atoms with E-state index in [0.29, 0.717) is 11.9 Å². The van der Waals surface area contributed by atoms with Crippen molar-refractivity contribution in [3.05, 3.63) is 39.4 Å². The Balaban J connectivity index is 2.39. The Morgan fingerprint density at radius 3 is 2.60 bits per heavy atom. The van der Waals surface area contributed by atoms with E-state index in [-0.39, 0.29) is 12.2 Å². The summed E-state index contributed by atoms with van der Waals surface area (Å²) in [6, 6.07) is 0. The molecule has 0 unspecified atom stereocenters. The lowest BCUT2D eigenvalue weighted by Crippen LogP contribution is -2.17. The van der Waals surface area contributed by atoms with Gasteiger partial charge in [0.05, 0.1) is 17.1 Å². The maximum absolute atomic E-state index is 12.8. The highest BCUT2D eigenvalue weighted by Gasteiger charge is 2.38. The number of alkyl halides is 3. The second kappa shape index (κ2) is 5.16. The van der Waals surface area contributed by atoms with Crippen molar-refractivity contribution in [3.63, 3.8) is 0 Å². The van der Waals surface area contributed by atoms with Gasteiger partial charge in [-0.25, -0.2) is 19.7 Å². The molecule has 0 aliphatic rings. The van der Waals surface area contributed by atoms with Crippen LogP contribution in [-0.2, 0) is 12.6 Å². The van der Waals surface area contributed by atoms with Gasteiger partial charge in [-0.3, -0.25) is 0 Å². The third-order valence-corrected chi connectivity index (χ3v) is 3.17. The molecule has 0 fully saturated rings. The molecule has 0 aliphatic heterocycles. The van der Waals surface area contributed by atoms with Gasteiger partial charge in [-0.05, 0) is 6.92 Å². The van der Waals surface area contributed by atoms with Crippen LogP contribution in [0.1, 0.15) is 32.6 Å². The summed E-state index contributed by atoms with van der Waals surface area (Å²) in [4.78, 5) is 21.8. The number of carboxylic acids is 1. The molecule has 5 nitrogen and oxygen atoms in total. The van der Waals surface area contributed by atoms with Crippen LogP contribution >= 0.6 is 11.3 Å². The zero-order valence-electron chi connectivity index (χ0n) is 10.1. The molecule has 0 aromatic carbocycles. The first-order valence-electron chi connectivity index (χ1n) is 5.35. The summed E-state index contributed by atoms with van der Waals surface area (Å²) >= 11 is 1.36. The monoisotopic (exact) mass is 303 g/mol. The summed E-state index contributed by atoms with van der Waals surface area (Å²) in [7, 11) is 0. The predicted octanol–water partition coefficient (Wildman–Crippen LogP) is 2.55. The Morgan fingerprint density at radius 1 is 1.40 bits per heavy atom. The molecule has 2 heterocycles. The Bertz CT molecular complexity index is 655. The highest BCUT2D eigenvalue weighted by molar-refractivity contribution is 7.09. The molecule has 2 rings (SSSR count). The van der Waals surface area contributed by atoms with Gasteiger partial charge in [-0.15, -0.1) is 11.3 Å². The fourth-order valence-corrected chi connectivity index (χ4v) is 2.14. The second-order valence-electron chi connectivity index (χ2n) is 3.89. The fourth-order valence-electron chi connectivity index (χ4n) is 1.53. The lowest BCUT2D eigenvalue weighted by atomic mass is 10.2. The fraction of sp³-hybridized carbons (Fsp3) is 0.273. The minimum Gasteiger partial charge on any atom is -0.478 e. The molecule has 0 amide bonds. The van der Waals surface area contributed by atoms with Gasteiger partial charge in [0.25, 0.3) is 0 Å². The van der Waals surface area contributed by atoms with Crippen LogP contribution in [0.2, 0.25) is 0 Å². The first-order chi connectivity index (χ1) is 9.27. The van der Waals surface area contributed by atoms with E-state index in [1.165, 1.54) is 11.3 Å². The maximum atomic E-state index is 12.8. The van der Waals surface area contributed by atoms with Crippen LogP contribution in [0.3, 0.4) is 0 Å². The minimum absolute atomic E-state index is 0.0211. The van der Waals surface area contributed by atoms with Crippen LogP contribution in [0.5, 0.6) is 0 Å². The number of hydrogen-bond donors (Lipinski definition) is 1. The van der Waals surface area contributed by atoms with Gasteiger partial charge in [0.2, 0.25) is 0 Å². The summed E-state index contributed by atoms with van der Waals surface area (Å²) < 4.78 is 38.3. The smallest absolute Gasteiger partial charge is 0.434 e. The largest absolute Gasteiger partial charge is 0.478 e. The van der Waals surface area contributed by atoms with Crippen molar-refractivity contribution in [1.82, 2.24) is 15.0 Å². The van der Waals surface area contributed by atoms with E-state index in [1.54, 1.807) is 12.3 Å². The van der Waals surface area contributed by atoms with Crippen molar-refractivity contribution in [1.29, 1.82) is 0 Å². The Labute approximate surface area is 115 Å². The average Bonchev–Trinajstić information content (AvgIpc) is 2.73. The lowest BCUT2D eigenvalue weighted by molar-refractivity contribution is -0.141. The van der Waals surface area contributed by atoms with Gasteiger partial charge >= 0.3 is 12.1 Å². The molecule has 2 aromatic rings. The highest BCUT2D eigenvalue weighted by Crippen LogP contribution is 2.30. The van der Waals surface area contributed by atoms with Gasteiger partial charge in [0.15, 0.2) is 5.69 Å². The van der Waals surface area contributed by atoms with Crippen molar-refractivity contribution in [2.24, 2.45) is 0 Å². The summed E-state index contributed by atoms with van der Waals surface area (Å²) in [6.45, 7) is 1.77. The number of aromatic carboxylic acids is 1. The molecule has 20 heavy (non-hydrogen) atoms. The quantitative estimate of drug-likeness (QED) is 0.943. The standard InChI is InChI=1S/C11H8F3N3O2S/c1-5-16-6(4-20-5)2-8-15-3-7(10(18)19)9(17-8)11(12,13)14/h3-4H,2H2,1H3,(H,18,19). The van der Waals surface area contributed by atoms with Crippen LogP contribution < -0.4 is 0 Å². The number of aromatic nitrogens is 3. The molecule has 9 heteroatoms. The Kier molecular flexibility index (Phi) is 3.71. The van der Waals surface area contributed by atoms with Crippen molar-refractivity contribution in [2.45, 2.75) is 19.5 Å². The van der Waals surface area contributed by atoms with E-state index in [1.807, 2.05) is 0 Å². The van der Waals surface area contributed by atoms with E-state index in [0.717, 1.165) is 5.01 Å². The summed E-state index contributed by atoms with van der Waals surface area (Å²) in [6.07, 6.45) is -4.15. The number of hydrogen-bond acceptors (Lipinski definition) is 5. The van der Waals surface area contributed by atoms with Crippen LogP contribution in [0, 0.1) is 6.92 Å². The van der Waals surface area contributed by atoms with Crippen molar-refractivity contribution >= 4 is 17.3 Å². The minimum atomic E-state index is -4.84. The Hall–Kier alpha value is -2.03. The molecule has 0 bridgehead atoms. The SMILES string of the molecule is Cc1nc(Cc2ncc(C(=O)O)c(C(F)(F)F)n2)cs1. The number of rotatable bonds is 3. The number of aryl methyl sites for hydroxylation is 1. The molecule has 0 spiro atoms. The van der Waals surface area contributed by atoms with Crippen molar-refractivity contribution < 1.29 is 23.1 Å². The maximum Gasteiger partial charge on any atom is 0.434 e. The highest BCUT2D eigenvalue weighted by atomic mass is 32.1. The zero-order chi connectivity index (χ0) is 14.9. The van der Waals surface area contributed by atoms with E-state index in [9.17, 15) is 18.0 Å². The topological polar surface area (TPSA) is 76.0 Å². The van der Waals surface area contributed by atoms with Gasteiger partial charge in [-0.1, -0.05) is 0 Å². The number of halogens is 3. The first kappa shape index (κ1) is 14.4. The molecule has 1 N–H and O–H groups in total. The number of carbonyl (C=O) groups is 1. The van der Waals surface area contributed by atoms with Crippen LogP contribution in [-0.4, -0.2) is 26.0 Å². The third kappa shape index (κ3) is 3.10. The normalized spacial score (nSPS) is 11.6. The average molecular weight is 303 g/mol. The Morgan fingerprint density at radius 2 is 2.10 bits per heavy atom. The molecular weight excluding hydrogens is 295 g/mol. The van der Waals surface area contributed by atoms with Gasteiger partial charge in [0.1, 0.15) is 11.4 Å². The van der Waals surface area contributed by atoms with Gasteiger partial charge in [-0.2, -0.15) is 13.2 Å². The lowest BCUT2D eigenvalue weighted by Gasteiger charge is -2.09. The molecule has 0 radical (unpaired) electrons. The van der Waals surface area contributed by atoms with Crippen LogP contribution in [0.15, 0.2) is 11.6 Å². The zero-order valence-corrected chi connectivity index (χ0v) is 10.9. The summed E-state index contributed by atoms with van der Waals surface area (Å²) in [5.74, 6) is -1.83. The predicted molar refractivity (Wildman–Crippen MR) is 63.7 cm³/mol. The van der Waals surface area contributed by atoms with E-state index in [2.05, 4.69) is 15.0 Å². The van der Waals surface area contributed by atoms with Crippen LogP contribution in [0.25, 0.3) is 0 Å². The summed E-state index contributed by atoms with van der Waals surface area (Å²) in [5.41, 5.74) is -1.86. The van der Waals surface area contributed by atoms with E-state index in [4.69, 9.17) is 5.11 Å². The molecule has 0 saturated carbocycles. The number of nitrogens with zero attached hydrogens (tertiary/aromatic N) is 3. The molecule has 106 valence electrons. The third-order valence-electron chi connectivity index (χ3n) is 2.34. The molecule has 0 aliphatic carbocycles. The van der Waals surface area contributed by atoms with E-state index < -0.39 is 23.4 Å². The molecular formula is C11H8F3N3O2S. The van der Waals surface area contributed by atoms with Crippen LogP contribution in [0.4, 0.5) is 13.2 Å². The molecule has 2 aromatic heterocycles. The second-order valence-corrected chi connectivity index (χ2v) is 4.95. The molecule has 0 saturated heterocycles. The van der Waals surface area contributed by atoms with Gasteiger partial charge < -0.3 is 5.11 Å². The number of carboxylic acid groups (broad SMARTS) is 1. The van der Waals surface area contributed by atoms with Crippen molar-refractivity contribution in [3.8, 4) is 0 Å². The van der Waals surface area contributed by atoms with Gasteiger partial charge in [0, 0.05) is 11.6 Å². The van der Waals surface area contributed by atoms with Crippen molar-refractivity contribution in [2.75, 3.05) is 0 Å². The summed E-state index contributed by atoms with van der Waals surface area (Å²) in [5, 5.41) is 11.2. The number of thiazole rings is 1. The molecule has 0 atom stereocenters. The first-order valence-corrected chi connectivity index (χ1v) is 6.22. The van der Waals surface area contributed by atoms with E-state index >= 15 is 0 Å².